The van der Waals surface area contributed by atoms with Gasteiger partial charge in [-0.05, 0) is 39.7 Å². The molecule has 0 aromatic heterocycles. The summed E-state index contributed by atoms with van der Waals surface area (Å²) < 4.78 is 0. The zero-order valence-corrected chi connectivity index (χ0v) is 13.0. The molecule has 0 aromatic rings. The van der Waals surface area contributed by atoms with Gasteiger partial charge in [-0.25, -0.2) is 0 Å². The summed E-state index contributed by atoms with van der Waals surface area (Å²) in [5.74, 6) is 0. The minimum absolute atomic E-state index is 0.327. The van der Waals surface area contributed by atoms with Crippen LogP contribution < -0.4 is 9.80 Å². The number of piperazine rings is 1. The molecule has 0 spiro atoms. The lowest BCUT2D eigenvalue weighted by molar-refractivity contribution is -1.01. The van der Waals surface area contributed by atoms with Crippen molar-refractivity contribution in [2.45, 2.75) is 33.6 Å². The predicted octanol–water partition coefficient (Wildman–Crippen LogP) is -0.545. The Bertz CT molecular complexity index is 298. The van der Waals surface area contributed by atoms with Gasteiger partial charge in [-0.15, -0.1) is 0 Å². The lowest BCUT2D eigenvalue weighted by Gasteiger charge is -2.28. The molecule has 1 saturated heterocycles. The Balaban J connectivity index is 2.19. The van der Waals surface area contributed by atoms with E-state index in [1.165, 1.54) is 56.7 Å². The third kappa shape index (κ3) is 7.51. The van der Waals surface area contributed by atoms with Crippen molar-refractivity contribution in [1.82, 2.24) is 0 Å². The fourth-order valence-electron chi connectivity index (χ4n) is 2.58. The Kier molecular flexibility index (Phi) is 8.03. The van der Waals surface area contributed by atoms with E-state index in [-0.39, 0.29) is 0 Å². The fraction of sp³-hybridized carbons (Fsp3) is 0.750. The first-order valence-electron chi connectivity index (χ1n) is 7.68. The third-order valence-electron chi connectivity index (χ3n) is 3.96. The lowest BCUT2D eigenvalue weighted by Crippen LogP contribution is -3.28. The third-order valence-corrected chi connectivity index (χ3v) is 3.96. The van der Waals surface area contributed by atoms with Crippen LogP contribution in [0, 0.1) is 0 Å². The van der Waals surface area contributed by atoms with Gasteiger partial charge in [-0.2, -0.15) is 0 Å². The zero-order valence-electron chi connectivity index (χ0n) is 13.0. The zero-order chi connectivity index (χ0) is 14.1. The van der Waals surface area contributed by atoms with Crippen molar-refractivity contribution in [3.8, 4) is 0 Å². The van der Waals surface area contributed by atoms with Gasteiger partial charge in [0, 0.05) is 0 Å². The maximum Gasteiger partial charge on any atom is 0.127 e. The monoisotopic (exact) mass is 268 g/mol. The van der Waals surface area contributed by atoms with Crippen molar-refractivity contribution in [2.75, 3.05) is 45.9 Å². The quantitative estimate of drug-likeness (QED) is 0.532. The van der Waals surface area contributed by atoms with E-state index in [1.54, 1.807) is 9.80 Å². The summed E-state index contributed by atoms with van der Waals surface area (Å²) in [4.78, 5) is 3.26. The highest BCUT2D eigenvalue weighted by atomic mass is 16.3. The Hall–Kier alpha value is -0.640. The maximum atomic E-state index is 8.94. The highest BCUT2D eigenvalue weighted by Gasteiger charge is 2.21. The summed E-state index contributed by atoms with van der Waals surface area (Å²) in [6, 6.07) is 0. The van der Waals surface area contributed by atoms with E-state index in [9.17, 15) is 0 Å². The number of aliphatic hydroxyl groups is 1. The summed E-state index contributed by atoms with van der Waals surface area (Å²) >= 11 is 0. The van der Waals surface area contributed by atoms with Gasteiger partial charge in [0.2, 0.25) is 0 Å². The molecule has 0 amide bonds. The van der Waals surface area contributed by atoms with Crippen LogP contribution in [0.1, 0.15) is 33.6 Å². The van der Waals surface area contributed by atoms with Crippen molar-refractivity contribution in [2.24, 2.45) is 0 Å². The van der Waals surface area contributed by atoms with Gasteiger partial charge in [-0.1, -0.05) is 17.2 Å². The molecule has 0 bridgehead atoms. The average Bonchev–Trinajstić information content (AvgIpc) is 2.38. The summed E-state index contributed by atoms with van der Waals surface area (Å²) in [7, 11) is 0. The van der Waals surface area contributed by atoms with Crippen LogP contribution in [-0.2, 0) is 0 Å². The summed E-state index contributed by atoms with van der Waals surface area (Å²) in [6.45, 7) is 13.9. The Morgan fingerprint density at radius 1 is 1.00 bits per heavy atom. The normalized spacial score (nSPS) is 24.3. The molecule has 1 aliphatic heterocycles. The van der Waals surface area contributed by atoms with Gasteiger partial charge >= 0.3 is 0 Å². The molecule has 0 saturated carbocycles. The first kappa shape index (κ1) is 16.4. The first-order chi connectivity index (χ1) is 9.11. The number of quaternary nitrogens is 2. The van der Waals surface area contributed by atoms with Crippen molar-refractivity contribution in [1.29, 1.82) is 0 Å². The topological polar surface area (TPSA) is 29.1 Å². The standard InChI is InChI=1S/C16H30N2O/c1-15(2)5-4-6-16(3)7-8-17-9-11-18(12-10-17)13-14-19/h5,7,19H,4,6,8-14H2,1-3H3/p+2. The molecular formula is C16H32N2O+2. The second kappa shape index (κ2) is 9.29. The molecule has 1 rings (SSSR count). The van der Waals surface area contributed by atoms with Crippen LogP contribution >= 0.6 is 0 Å². The number of hydrogen-bond donors (Lipinski definition) is 3. The summed E-state index contributed by atoms with van der Waals surface area (Å²) in [6.07, 6.45) is 7.11. The van der Waals surface area contributed by atoms with Crippen molar-refractivity contribution in [3.63, 3.8) is 0 Å². The molecular weight excluding hydrogens is 236 g/mol. The summed E-state index contributed by atoms with van der Waals surface area (Å²) in [5.41, 5.74) is 2.94. The molecule has 1 fully saturated rings. The second-order valence-corrected chi connectivity index (χ2v) is 6.05. The highest BCUT2D eigenvalue weighted by molar-refractivity contribution is 5.01. The molecule has 0 aliphatic carbocycles. The Labute approximate surface area is 118 Å². The van der Waals surface area contributed by atoms with Gasteiger partial charge < -0.3 is 14.9 Å². The van der Waals surface area contributed by atoms with Crippen molar-refractivity contribution in [3.05, 3.63) is 23.3 Å². The van der Waals surface area contributed by atoms with Crippen LogP contribution in [-0.4, -0.2) is 51.0 Å². The maximum absolute atomic E-state index is 8.94. The van der Waals surface area contributed by atoms with Crippen LogP contribution in [0.3, 0.4) is 0 Å². The van der Waals surface area contributed by atoms with Crippen LogP contribution in [0.15, 0.2) is 23.3 Å². The molecule has 110 valence electrons. The van der Waals surface area contributed by atoms with E-state index < -0.39 is 0 Å². The molecule has 0 unspecified atom stereocenters. The Morgan fingerprint density at radius 2 is 1.63 bits per heavy atom. The molecule has 1 heterocycles. The van der Waals surface area contributed by atoms with Crippen LogP contribution in [0.25, 0.3) is 0 Å². The lowest BCUT2D eigenvalue weighted by atomic mass is 10.1. The molecule has 3 heteroatoms. The van der Waals surface area contributed by atoms with Gasteiger partial charge in [0.25, 0.3) is 0 Å². The van der Waals surface area contributed by atoms with E-state index in [0.29, 0.717) is 6.61 Å². The van der Waals surface area contributed by atoms with Gasteiger partial charge in [0.1, 0.15) is 32.7 Å². The van der Waals surface area contributed by atoms with E-state index in [0.717, 1.165) is 6.54 Å². The van der Waals surface area contributed by atoms with Crippen LogP contribution in [0.2, 0.25) is 0 Å². The van der Waals surface area contributed by atoms with Crippen LogP contribution in [0.5, 0.6) is 0 Å². The largest absolute Gasteiger partial charge is 0.391 e. The van der Waals surface area contributed by atoms with Gasteiger partial charge in [-0.3, -0.25) is 0 Å². The van der Waals surface area contributed by atoms with Crippen molar-refractivity contribution >= 4 is 0 Å². The molecule has 0 radical (unpaired) electrons. The van der Waals surface area contributed by atoms with Crippen LogP contribution in [0.4, 0.5) is 0 Å². The second-order valence-electron chi connectivity index (χ2n) is 6.05. The number of hydrogen-bond acceptors (Lipinski definition) is 1. The van der Waals surface area contributed by atoms with E-state index in [2.05, 4.69) is 32.9 Å². The highest BCUT2D eigenvalue weighted by Crippen LogP contribution is 2.05. The number of allylic oxidation sites excluding steroid dienone is 3. The molecule has 3 nitrogen and oxygen atoms in total. The minimum Gasteiger partial charge on any atom is -0.391 e. The molecule has 1 aliphatic rings. The predicted molar refractivity (Wildman–Crippen MR) is 80.6 cm³/mol. The average molecular weight is 268 g/mol. The summed E-state index contributed by atoms with van der Waals surface area (Å²) in [5, 5.41) is 8.94. The number of aliphatic hydroxyl groups excluding tert-OH is 1. The molecule has 19 heavy (non-hydrogen) atoms. The smallest absolute Gasteiger partial charge is 0.127 e. The molecule has 0 atom stereocenters. The van der Waals surface area contributed by atoms with E-state index in [1.807, 2.05) is 0 Å². The number of nitrogens with one attached hydrogen (secondary N) is 2. The van der Waals surface area contributed by atoms with E-state index in [4.69, 9.17) is 5.11 Å². The SMILES string of the molecule is CC(C)=CCCC(C)=CC[NH+]1CC[NH+](CCO)CC1. The molecule has 0 aromatic carbocycles. The van der Waals surface area contributed by atoms with E-state index >= 15 is 0 Å². The number of rotatable bonds is 7. The first-order valence-corrected chi connectivity index (χ1v) is 7.68. The molecule has 3 N–H and O–H groups in total. The van der Waals surface area contributed by atoms with Gasteiger partial charge in [0.05, 0.1) is 13.2 Å². The fourth-order valence-corrected chi connectivity index (χ4v) is 2.58. The minimum atomic E-state index is 0.327. The Morgan fingerprint density at radius 3 is 2.21 bits per heavy atom. The van der Waals surface area contributed by atoms with Crippen molar-refractivity contribution < 1.29 is 14.9 Å². The van der Waals surface area contributed by atoms with Gasteiger partial charge in [0.15, 0.2) is 0 Å².